The molecule has 1 aromatic heterocycles. The third-order valence-electron chi connectivity index (χ3n) is 2.42. The summed E-state index contributed by atoms with van der Waals surface area (Å²) in [5.41, 5.74) is 0. The first-order valence-electron chi connectivity index (χ1n) is 5.63. The Morgan fingerprint density at radius 3 is 2.67 bits per heavy atom. The van der Waals surface area contributed by atoms with E-state index >= 15 is 0 Å². The van der Waals surface area contributed by atoms with Crippen LogP contribution in [-0.4, -0.2) is 40.0 Å². The van der Waals surface area contributed by atoms with Crippen molar-refractivity contribution in [2.75, 3.05) is 13.2 Å². The summed E-state index contributed by atoms with van der Waals surface area (Å²) < 4.78 is 0. The molecule has 0 saturated heterocycles. The molecule has 6 nitrogen and oxygen atoms in total. The second kappa shape index (κ2) is 6.46. The van der Waals surface area contributed by atoms with Crippen LogP contribution >= 0.6 is 11.3 Å². The van der Waals surface area contributed by atoms with Crippen molar-refractivity contribution in [3.63, 3.8) is 0 Å². The van der Waals surface area contributed by atoms with E-state index in [4.69, 9.17) is 5.11 Å². The van der Waals surface area contributed by atoms with Gasteiger partial charge in [0.2, 0.25) is 0 Å². The molecule has 1 amide bonds. The lowest BCUT2D eigenvalue weighted by molar-refractivity contribution is -0.380. The molecule has 100 valence electrons. The Labute approximate surface area is 109 Å². The Kier molecular flexibility index (Phi) is 5.24. The average Bonchev–Trinajstić information content (AvgIpc) is 2.78. The van der Waals surface area contributed by atoms with Gasteiger partial charge in [0.15, 0.2) is 0 Å². The van der Waals surface area contributed by atoms with Crippen molar-refractivity contribution in [2.45, 2.75) is 26.3 Å². The van der Waals surface area contributed by atoms with Gasteiger partial charge in [-0.1, -0.05) is 11.3 Å². The molecule has 0 aromatic carbocycles. The molecule has 1 rings (SSSR count). The van der Waals surface area contributed by atoms with Gasteiger partial charge < -0.3 is 10.0 Å². The lowest BCUT2D eigenvalue weighted by atomic mass is 10.2. The van der Waals surface area contributed by atoms with Gasteiger partial charge in [-0.3, -0.25) is 14.9 Å². The molecule has 1 N–H and O–H groups in total. The van der Waals surface area contributed by atoms with Crippen LogP contribution in [0.2, 0.25) is 0 Å². The summed E-state index contributed by atoms with van der Waals surface area (Å²) in [5, 5.41) is 19.3. The second-order valence-corrected chi connectivity index (χ2v) is 5.13. The summed E-state index contributed by atoms with van der Waals surface area (Å²) in [5.74, 6) is -0.225. The molecule has 18 heavy (non-hydrogen) atoms. The minimum Gasteiger partial charge on any atom is -0.396 e. The summed E-state index contributed by atoms with van der Waals surface area (Å²) in [7, 11) is 0. The highest BCUT2D eigenvalue weighted by Gasteiger charge is 2.22. The molecule has 1 aromatic rings. The van der Waals surface area contributed by atoms with Crippen LogP contribution in [0.4, 0.5) is 5.00 Å². The fraction of sp³-hybridized carbons (Fsp3) is 0.545. The summed E-state index contributed by atoms with van der Waals surface area (Å²) in [6.07, 6.45) is 0.497. The minimum atomic E-state index is -0.505. The van der Waals surface area contributed by atoms with Crippen LogP contribution in [0, 0.1) is 10.1 Å². The summed E-state index contributed by atoms with van der Waals surface area (Å²) in [6.45, 7) is 4.20. The van der Waals surface area contributed by atoms with Crippen molar-refractivity contribution >= 4 is 22.2 Å². The highest BCUT2D eigenvalue weighted by molar-refractivity contribution is 7.17. The van der Waals surface area contributed by atoms with Crippen LogP contribution in [0.3, 0.4) is 0 Å². The summed E-state index contributed by atoms with van der Waals surface area (Å²) >= 11 is 0.875. The molecule has 0 unspecified atom stereocenters. The SMILES string of the molecule is CC(C)N(CCCO)C(=O)c1ccc([N+](=O)[O-])s1. The second-order valence-electron chi connectivity index (χ2n) is 4.06. The van der Waals surface area contributed by atoms with Gasteiger partial charge in [-0.25, -0.2) is 0 Å². The highest BCUT2D eigenvalue weighted by atomic mass is 32.1. The first-order valence-corrected chi connectivity index (χ1v) is 6.45. The van der Waals surface area contributed by atoms with E-state index in [2.05, 4.69) is 0 Å². The van der Waals surface area contributed by atoms with Crippen LogP contribution in [0.25, 0.3) is 0 Å². The van der Waals surface area contributed by atoms with Gasteiger partial charge in [0.05, 0.1) is 9.80 Å². The van der Waals surface area contributed by atoms with Crippen LogP contribution in [0.5, 0.6) is 0 Å². The Morgan fingerprint density at radius 2 is 2.22 bits per heavy atom. The van der Waals surface area contributed by atoms with Gasteiger partial charge in [-0.05, 0) is 26.3 Å². The molecule has 0 aliphatic carbocycles. The normalized spacial score (nSPS) is 10.7. The van der Waals surface area contributed by atoms with Crippen LogP contribution in [-0.2, 0) is 0 Å². The highest BCUT2D eigenvalue weighted by Crippen LogP contribution is 2.25. The zero-order chi connectivity index (χ0) is 13.7. The molecule has 0 radical (unpaired) electrons. The van der Waals surface area contributed by atoms with E-state index in [9.17, 15) is 14.9 Å². The Morgan fingerprint density at radius 1 is 1.56 bits per heavy atom. The number of nitro groups is 1. The van der Waals surface area contributed by atoms with E-state index in [1.54, 1.807) is 4.90 Å². The quantitative estimate of drug-likeness (QED) is 0.633. The van der Waals surface area contributed by atoms with E-state index in [0.29, 0.717) is 17.8 Å². The van der Waals surface area contributed by atoms with E-state index in [-0.39, 0.29) is 23.6 Å². The zero-order valence-corrected chi connectivity index (χ0v) is 11.1. The molecule has 0 bridgehead atoms. The summed E-state index contributed by atoms with van der Waals surface area (Å²) in [6, 6.07) is 2.80. The molecular formula is C11H16N2O4S. The van der Waals surface area contributed by atoms with E-state index in [1.807, 2.05) is 13.8 Å². The third kappa shape index (κ3) is 3.51. The number of amides is 1. The number of hydrogen-bond donors (Lipinski definition) is 1. The van der Waals surface area contributed by atoms with Crippen molar-refractivity contribution in [3.05, 3.63) is 27.1 Å². The Balaban J connectivity index is 2.84. The predicted molar refractivity (Wildman–Crippen MR) is 68.8 cm³/mol. The van der Waals surface area contributed by atoms with E-state index in [1.165, 1.54) is 12.1 Å². The van der Waals surface area contributed by atoms with Crippen molar-refractivity contribution in [3.8, 4) is 0 Å². The number of aliphatic hydroxyl groups is 1. The minimum absolute atomic E-state index is 0.00907. The fourth-order valence-electron chi connectivity index (χ4n) is 1.52. The number of aliphatic hydroxyl groups excluding tert-OH is 1. The maximum Gasteiger partial charge on any atom is 0.324 e. The molecule has 0 aliphatic heterocycles. The van der Waals surface area contributed by atoms with Gasteiger partial charge in [0.1, 0.15) is 0 Å². The van der Waals surface area contributed by atoms with Crippen molar-refractivity contribution < 1.29 is 14.8 Å². The van der Waals surface area contributed by atoms with Crippen molar-refractivity contribution in [1.82, 2.24) is 4.90 Å². The molecule has 0 atom stereocenters. The van der Waals surface area contributed by atoms with Gasteiger partial charge in [-0.15, -0.1) is 0 Å². The van der Waals surface area contributed by atoms with Crippen LogP contribution < -0.4 is 0 Å². The van der Waals surface area contributed by atoms with Crippen LogP contribution in [0.15, 0.2) is 12.1 Å². The van der Waals surface area contributed by atoms with Crippen LogP contribution in [0.1, 0.15) is 29.9 Å². The average molecular weight is 272 g/mol. The Bertz CT molecular complexity index is 430. The molecule has 0 fully saturated rings. The van der Waals surface area contributed by atoms with Gasteiger partial charge in [0, 0.05) is 25.3 Å². The number of thiophene rings is 1. The first-order chi connectivity index (χ1) is 8.47. The summed E-state index contributed by atoms with van der Waals surface area (Å²) in [4.78, 5) is 24.2. The maximum atomic E-state index is 12.2. The number of rotatable bonds is 6. The lowest BCUT2D eigenvalue weighted by Crippen LogP contribution is -2.37. The number of carbonyl (C=O) groups is 1. The van der Waals surface area contributed by atoms with E-state index in [0.717, 1.165) is 11.3 Å². The maximum absolute atomic E-state index is 12.2. The molecule has 0 aliphatic rings. The van der Waals surface area contributed by atoms with Gasteiger partial charge in [-0.2, -0.15) is 0 Å². The monoisotopic (exact) mass is 272 g/mol. The number of hydrogen-bond acceptors (Lipinski definition) is 5. The molecule has 7 heteroatoms. The number of nitrogens with zero attached hydrogens (tertiary/aromatic N) is 2. The Hall–Kier alpha value is -1.47. The standard InChI is InChI=1S/C11H16N2O4S/c1-8(2)12(6-3-7-14)11(15)9-4-5-10(18-9)13(16)17/h4-5,8,14H,3,6-7H2,1-2H3. The fourth-order valence-corrected chi connectivity index (χ4v) is 2.29. The van der Waals surface area contributed by atoms with Gasteiger partial charge in [0.25, 0.3) is 5.91 Å². The lowest BCUT2D eigenvalue weighted by Gasteiger charge is -2.25. The largest absolute Gasteiger partial charge is 0.396 e. The number of carbonyl (C=O) groups excluding carboxylic acids is 1. The van der Waals surface area contributed by atoms with Gasteiger partial charge >= 0.3 is 5.00 Å². The first kappa shape index (κ1) is 14.6. The third-order valence-corrected chi connectivity index (χ3v) is 3.45. The zero-order valence-electron chi connectivity index (χ0n) is 10.3. The molecular weight excluding hydrogens is 256 g/mol. The smallest absolute Gasteiger partial charge is 0.324 e. The van der Waals surface area contributed by atoms with Crippen molar-refractivity contribution in [1.29, 1.82) is 0 Å². The molecule has 0 saturated carbocycles. The molecule has 1 heterocycles. The van der Waals surface area contributed by atoms with Crippen molar-refractivity contribution in [2.24, 2.45) is 0 Å². The van der Waals surface area contributed by atoms with E-state index < -0.39 is 4.92 Å². The predicted octanol–water partition coefficient (Wildman–Crippen LogP) is 1.89. The molecule has 0 spiro atoms. The topological polar surface area (TPSA) is 83.7 Å².